The lowest BCUT2D eigenvalue weighted by Crippen LogP contribution is -2.21. The van der Waals surface area contributed by atoms with Gasteiger partial charge in [0.1, 0.15) is 0 Å². The van der Waals surface area contributed by atoms with Gasteiger partial charge in [-0.3, -0.25) is 4.79 Å². The third-order valence-electron chi connectivity index (χ3n) is 2.33. The van der Waals surface area contributed by atoms with E-state index in [1.165, 1.54) is 17.4 Å². The number of amides is 1. The van der Waals surface area contributed by atoms with Gasteiger partial charge in [0.05, 0.1) is 16.4 Å². The molecule has 1 amide bonds. The van der Waals surface area contributed by atoms with E-state index in [0.29, 0.717) is 11.4 Å². The van der Waals surface area contributed by atoms with E-state index in [2.05, 4.69) is 10.3 Å². The average Bonchev–Trinajstić information content (AvgIpc) is 3.02. The van der Waals surface area contributed by atoms with Gasteiger partial charge in [0.2, 0.25) is 0 Å². The van der Waals surface area contributed by atoms with E-state index in [-0.39, 0.29) is 5.91 Å². The summed E-state index contributed by atoms with van der Waals surface area (Å²) in [5.41, 5.74) is 0. The highest BCUT2D eigenvalue weighted by molar-refractivity contribution is 7.14. The molecule has 20 heavy (non-hydrogen) atoms. The van der Waals surface area contributed by atoms with Crippen molar-refractivity contribution in [3.8, 4) is 0 Å². The average molecular weight is 308 g/mol. The first-order valence-electron chi connectivity index (χ1n) is 5.75. The molecule has 0 bridgehead atoms. The van der Waals surface area contributed by atoms with Gasteiger partial charge in [-0.1, -0.05) is 0 Å². The summed E-state index contributed by atoms with van der Waals surface area (Å²) in [6.45, 7) is 2.36. The Morgan fingerprint density at radius 2 is 2.20 bits per heavy atom. The van der Waals surface area contributed by atoms with Crippen molar-refractivity contribution in [3.05, 3.63) is 44.0 Å². The van der Waals surface area contributed by atoms with E-state index >= 15 is 0 Å². The Labute approximate surface area is 123 Å². The van der Waals surface area contributed by atoms with Crippen molar-refractivity contribution in [1.29, 1.82) is 0 Å². The molecule has 0 unspecified atom stereocenters. The van der Waals surface area contributed by atoms with Gasteiger partial charge >= 0.3 is 5.97 Å². The molecule has 0 atom stereocenters. The van der Waals surface area contributed by atoms with Crippen LogP contribution in [-0.2, 0) is 11.3 Å². The molecule has 2 N–H and O–H groups in total. The normalized spacial score (nSPS) is 10.8. The zero-order valence-corrected chi connectivity index (χ0v) is 12.3. The maximum Gasteiger partial charge on any atom is 0.328 e. The monoisotopic (exact) mass is 308 g/mol. The van der Waals surface area contributed by atoms with Crippen LogP contribution in [0.4, 0.5) is 0 Å². The Morgan fingerprint density at radius 3 is 2.85 bits per heavy atom. The predicted molar refractivity (Wildman–Crippen MR) is 79.0 cm³/mol. The quantitative estimate of drug-likeness (QED) is 0.832. The van der Waals surface area contributed by atoms with Gasteiger partial charge in [-0.15, -0.1) is 22.7 Å². The summed E-state index contributed by atoms with van der Waals surface area (Å²) in [5.74, 6) is -1.18. The molecule has 2 heterocycles. The van der Waals surface area contributed by atoms with Gasteiger partial charge in [0.15, 0.2) is 0 Å². The highest BCUT2D eigenvalue weighted by atomic mass is 32.1. The van der Waals surface area contributed by atoms with Crippen molar-refractivity contribution >= 4 is 40.6 Å². The van der Waals surface area contributed by atoms with E-state index in [1.807, 2.05) is 6.92 Å². The number of carbonyl (C=O) groups excluding carboxylic acids is 1. The standard InChI is InChI=1S/C13H12N2O3S2/c1-8-14-6-10(19-8)7-15-13(18)11-4-2-9(20-11)3-5-12(16)17/h2-6H,7H2,1H3,(H,15,18)(H,16,17). The number of aliphatic carboxylic acids is 1. The van der Waals surface area contributed by atoms with Crippen LogP contribution in [0.15, 0.2) is 24.4 Å². The number of thiazole rings is 1. The Hall–Kier alpha value is -1.99. The van der Waals surface area contributed by atoms with Crippen LogP contribution in [-0.4, -0.2) is 22.0 Å². The third kappa shape index (κ3) is 4.01. The first kappa shape index (κ1) is 14.4. The second-order valence-electron chi connectivity index (χ2n) is 3.90. The first-order chi connectivity index (χ1) is 9.54. The molecule has 2 aromatic heterocycles. The van der Waals surface area contributed by atoms with Gasteiger partial charge in [-0.25, -0.2) is 9.78 Å². The summed E-state index contributed by atoms with van der Waals surface area (Å²) >= 11 is 2.79. The molecule has 0 aromatic carbocycles. The smallest absolute Gasteiger partial charge is 0.328 e. The molecule has 0 aliphatic carbocycles. The van der Waals surface area contributed by atoms with Gasteiger partial charge < -0.3 is 10.4 Å². The number of aromatic nitrogens is 1. The zero-order chi connectivity index (χ0) is 14.5. The topological polar surface area (TPSA) is 79.3 Å². The highest BCUT2D eigenvalue weighted by Gasteiger charge is 2.09. The number of rotatable bonds is 5. The molecule has 0 saturated heterocycles. The van der Waals surface area contributed by atoms with Crippen LogP contribution in [0.5, 0.6) is 0 Å². The molecule has 0 fully saturated rings. The van der Waals surface area contributed by atoms with E-state index in [9.17, 15) is 9.59 Å². The Kier molecular flexibility index (Phi) is 4.65. The molecule has 0 radical (unpaired) electrons. The maximum absolute atomic E-state index is 11.9. The number of nitrogens with zero attached hydrogens (tertiary/aromatic N) is 1. The van der Waals surface area contributed by atoms with Crippen molar-refractivity contribution in [2.75, 3.05) is 0 Å². The van der Waals surface area contributed by atoms with E-state index in [0.717, 1.165) is 20.8 Å². The third-order valence-corrected chi connectivity index (χ3v) is 4.30. The Bertz CT molecular complexity index is 658. The molecular weight excluding hydrogens is 296 g/mol. The Morgan fingerprint density at radius 1 is 1.40 bits per heavy atom. The summed E-state index contributed by atoms with van der Waals surface area (Å²) in [5, 5.41) is 12.3. The van der Waals surface area contributed by atoms with Crippen LogP contribution in [0.3, 0.4) is 0 Å². The molecule has 5 nitrogen and oxygen atoms in total. The van der Waals surface area contributed by atoms with Crippen molar-refractivity contribution in [1.82, 2.24) is 10.3 Å². The molecule has 0 spiro atoms. The largest absolute Gasteiger partial charge is 0.478 e. The minimum Gasteiger partial charge on any atom is -0.478 e. The number of hydrogen-bond acceptors (Lipinski definition) is 5. The highest BCUT2D eigenvalue weighted by Crippen LogP contribution is 2.18. The fourth-order valence-corrected chi connectivity index (χ4v) is 3.02. The second kappa shape index (κ2) is 6.44. The summed E-state index contributed by atoms with van der Waals surface area (Å²) in [7, 11) is 0. The number of thiophene rings is 1. The summed E-state index contributed by atoms with van der Waals surface area (Å²) in [4.78, 5) is 28.7. The van der Waals surface area contributed by atoms with Crippen LogP contribution in [0.1, 0.15) is 24.4 Å². The number of carboxylic acids is 1. The minimum absolute atomic E-state index is 0.170. The number of hydrogen-bond donors (Lipinski definition) is 2. The number of aryl methyl sites for hydroxylation is 1. The van der Waals surface area contributed by atoms with Crippen LogP contribution < -0.4 is 5.32 Å². The predicted octanol–water partition coefficient (Wildman–Crippen LogP) is 2.54. The van der Waals surface area contributed by atoms with Crippen molar-refractivity contribution < 1.29 is 14.7 Å². The minimum atomic E-state index is -1.01. The molecular formula is C13H12N2O3S2. The number of nitrogens with one attached hydrogen (secondary N) is 1. The summed E-state index contributed by atoms with van der Waals surface area (Å²) in [6, 6.07) is 3.40. The van der Waals surface area contributed by atoms with Gasteiger partial charge in [0.25, 0.3) is 5.91 Å². The lowest BCUT2D eigenvalue weighted by molar-refractivity contribution is -0.131. The summed E-state index contributed by atoms with van der Waals surface area (Å²) in [6.07, 6.45) is 4.26. The molecule has 104 valence electrons. The molecule has 2 rings (SSSR count). The van der Waals surface area contributed by atoms with Crippen molar-refractivity contribution in [3.63, 3.8) is 0 Å². The maximum atomic E-state index is 11.9. The van der Waals surface area contributed by atoms with Crippen LogP contribution in [0.25, 0.3) is 6.08 Å². The van der Waals surface area contributed by atoms with Crippen LogP contribution in [0.2, 0.25) is 0 Å². The lowest BCUT2D eigenvalue weighted by Gasteiger charge is -2.00. The molecule has 0 saturated carbocycles. The van der Waals surface area contributed by atoms with Crippen molar-refractivity contribution in [2.45, 2.75) is 13.5 Å². The van der Waals surface area contributed by atoms with Gasteiger partial charge in [0, 0.05) is 22.0 Å². The van der Waals surface area contributed by atoms with Gasteiger partial charge in [-0.05, 0) is 25.1 Å². The van der Waals surface area contributed by atoms with Crippen LogP contribution in [0, 0.1) is 6.92 Å². The molecule has 2 aromatic rings. The molecule has 7 heteroatoms. The van der Waals surface area contributed by atoms with Gasteiger partial charge in [-0.2, -0.15) is 0 Å². The fraction of sp³-hybridized carbons (Fsp3) is 0.154. The second-order valence-corrected chi connectivity index (χ2v) is 6.34. The first-order valence-corrected chi connectivity index (χ1v) is 7.38. The van der Waals surface area contributed by atoms with E-state index < -0.39 is 5.97 Å². The molecule has 0 aliphatic heterocycles. The number of carboxylic acid groups (broad SMARTS) is 1. The Balaban J connectivity index is 1.94. The summed E-state index contributed by atoms with van der Waals surface area (Å²) < 4.78 is 0. The van der Waals surface area contributed by atoms with Crippen LogP contribution >= 0.6 is 22.7 Å². The van der Waals surface area contributed by atoms with E-state index in [1.54, 1.807) is 29.7 Å². The van der Waals surface area contributed by atoms with Crippen molar-refractivity contribution in [2.24, 2.45) is 0 Å². The van der Waals surface area contributed by atoms with E-state index in [4.69, 9.17) is 5.11 Å². The SMILES string of the molecule is Cc1ncc(CNC(=O)c2ccc(C=CC(=O)O)s2)s1. The lowest BCUT2D eigenvalue weighted by atomic mass is 10.4. The zero-order valence-electron chi connectivity index (χ0n) is 10.6. The molecule has 0 aliphatic rings. The fourth-order valence-electron chi connectivity index (χ4n) is 1.46. The number of carbonyl (C=O) groups is 2.